The molecule has 2 heterocycles. The van der Waals surface area contributed by atoms with Crippen molar-refractivity contribution in [3.8, 4) is 27.5 Å². The molecule has 39 heavy (non-hydrogen) atoms. The number of aromatic nitrogens is 3. The van der Waals surface area contributed by atoms with Gasteiger partial charge in [-0.05, 0) is 67.0 Å². The number of hydrogen-bond donors (Lipinski definition) is 1. The molecule has 1 aliphatic carbocycles. The van der Waals surface area contributed by atoms with Crippen LogP contribution in [0.1, 0.15) is 45.7 Å². The lowest BCUT2D eigenvalue weighted by Crippen LogP contribution is -2.03. The summed E-state index contributed by atoms with van der Waals surface area (Å²) in [5.41, 5.74) is 9.21. The van der Waals surface area contributed by atoms with Gasteiger partial charge in [-0.25, -0.2) is 19.0 Å². The van der Waals surface area contributed by atoms with E-state index in [4.69, 9.17) is 10.2 Å². The standard InChI is InChI=1S/C31H28N4O2S2/c1-20-5-11-23(12-6-20)24-3-2-4-25(17-24)30-28(15-21-9-13-27(14-10-21)39(32)37)29(16-22-7-8-22)34-35(30)31-33-26(18-36)19-38-31/h2-6,9-14,17-19,22H,7-8,15-16,32H2,1H3. The number of hydrogen-bond acceptors (Lipinski definition) is 5. The van der Waals surface area contributed by atoms with Crippen molar-refractivity contribution in [3.63, 3.8) is 0 Å². The van der Waals surface area contributed by atoms with E-state index in [0.717, 1.165) is 51.9 Å². The van der Waals surface area contributed by atoms with Crippen LogP contribution in [0.4, 0.5) is 0 Å². The van der Waals surface area contributed by atoms with Crippen LogP contribution in [0.15, 0.2) is 83.1 Å². The second-order valence-electron chi connectivity index (χ2n) is 10.1. The zero-order valence-corrected chi connectivity index (χ0v) is 23.2. The van der Waals surface area contributed by atoms with Crippen molar-refractivity contribution in [2.45, 2.75) is 37.5 Å². The molecule has 3 aromatic carbocycles. The van der Waals surface area contributed by atoms with E-state index in [0.29, 0.717) is 28.1 Å². The smallest absolute Gasteiger partial charge is 0.211 e. The van der Waals surface area contributed by atoms with Crippen molar-refractivity contribution in [2.75, 3.05) is 0 Å². The van der Waals surface area contributed by atoms with Crippen molar-refractivity contribution in [2.24, 2.45) is 11.1 Å². The van der Waals surface area contributed by atoms with Crippen LogP contribution < -0.4 is 5.14 Å². The fraction of sp³-hybridized carbons (Fsp3) is 0.194. The van der Waals surface area contributed by atoms with Crippen molar-refractivity contribution in [3.05, 3.63) is 106 Å². The van der Waals surface area contributed by atoms with E-state index < -0.39 is 11.0 Å². The molecule has 5 aromatic rings. The molecule has 0 bridgehead atoms. The second kappa shape index (κ2) is 10.8. The Labute approximate surface area is 234 Å². The number of carbonyl (C=O) groups is 1. The molecule has 0 spiro atoms. The first-order valence-electron chi connectivity index (χ1n) is 12.9. The number of nitrogens with two attached hydrogens (primary N) is 1. The molecular weight excluding hydrogens is 525 g/mol. The Bertz CT molecular complexity index is 1670. The van der Waals surface area contributed by atoms with Gasteiger partial charge in [0, 0.05) is 22.9 Å². The lowest BCUT2D eigenvalue weighted by molar-refractivity contribution is 0.111. The third-order valence-electron chi connectivity index (χ3n) is 7.11. The number of aryl methyl sites for hydroxylation is 1. The molecular formula is C31H28N4O2S2. The van der Waals surface area contributed by atoms with E-state index in [9.17, 15) is 9.00 Å². The van der Waals surface area contributed by atoms with E-state index in [1.807, 2.05) is 28.9 Å². The highest BCUT2D eigenvalue weighted by Gasteiger charge is 2.28. The van der Waals surface area contributed by atoms with E-state index in [-0.39, 0.29) is 0 Å². The first-order valence-corrected chi connectivity index (χ1v) is 15.0. The lowest BCUT2D eigenvalue weighted by Gasteiger charge is -2.11. The van der Waals surface area contributed by atoms with Crippen LogP contribution in [0, 0.1) is 12.8 Å². The predicted octanol–water partition coefficient (Wildman–Crippen LogP) is 6.31. The molecule has 0 aliphatic heterocycles. The molecule has 1 unspecified atom stereocenters. The van der Waals surface area contributed by atoms with E-state index in [1.54, 1.807) is 5.38 Å². The van der Waals surface area contributed by atoms with Crippen LogP contribution in [-0.4, -0.2) is 25.3 Å². The summed E-state index contributed by atoms with van der Waals surface area (Å²) in [5, 5.41) is 13.1. The minimum Gasteiger partial charge on any atom is -0.296 e. The van der Waals surface area contributed by atoms with E-state index in [1.165, 1.54) is 29.7 Å². The molecule has 2 N–H and O–H groups in total. The van der Waals surface area contributed by atoms with Gasteiger partial charge in [-0.2, -0.15) is 5.10 Å². The van der Waals surface area contributed by atoms with Gasteiger partial charge in [-0.1, -0.05) is 60.2 Å². The number of thiazole rings is 1. The summed E-state index contributed by atoms with van der Waals surface area (Å²) < 4.78 is 13.7. The maximum Gasteiger partial charge on any atom is 0.211 e. The summed E-state index contributed by atoms with van der Waals surface area (Å²) in [7, 11) is -1.52. The van der Waals surface area contributed by atoms with Gasteiger partial charge in [-0.3, -0.25) is 4.79 Å². The molecule has 0 amide bonds. The Hall–Kier alpha value is -3.72. The molecule has 1 fully saturated rings. The molecule has 0 saturated heterocycles. The average molecular weight is 553 g/mol. The van der Waals surface area contributed by atoms with Crippen molar-refractivity contribution < 1.29 is 9.00 Å². The Kier molecular flexibility index (Phi) is 7.08. The first-order chi connectivity index (χ1) is 19.0. The Balaban J connectivity index is 1.52. The highest BCUT2D eigenvalue weighted by atomic mass is 32.2. The monoisotopic (exact) mass is 552 g/mol. The summed E-state index contributed by atoms with van der Waals surface area (Å²) in [4.78, 5) is 16.6. The van der Waals surface area contributed by atoms with Gasteiger partial charge in [0.2, 0.25) is 5.13 Å². The van der Waals surface area contributed by atoms with Gasteiger partial charge in [0.15, 0.2) is 6.29 Å². The molecule has 1 aliphatic rings. The Morgan fingerprint density at radius 1 is 1.03 bits per heavy atom. The molecule has 6 rings (SSSR count). The minimum absolute atomic E-state index is 0.403. The topological polar surface area (TPSA) is 90.9 Å². The molecule has 8 heteroatoms. The molecule has 2 aromatic heterocycles. The molecule has 6 nitrogen and oxygen atoms in total. The SMILES string of the molecule is Cc1ccc(-c2cccc(-c3c(Cc4ccc(S(N)=O)cc4)c(CC4CC4)nn3-c3nc(C=O)cs3)c2)cc1. The van der Waals surface area contributed by atoms with Gasteiger partial charge in [0.1, 0.15) is 16.7 Å². The van der Waals surface area contributed by atoms with Crippen molar-refractivity contribution in [1.82, 2.24) is 14.8 Å². The van der Waals surface area contributed by atoms with Crippen LogP contribution in [0.2, 0.25) is 0 Å². The van der Waals surface area contributed by atoms with Crippen LogP contribution in [0.5, 0.6) is 0 Å². The van der Waals surface area contributed by atoms with Crippen molar-refractivity contribution in [1.29, 1.82) is 0 Å². The molecule has 0 radical (unpaired) electrons. The number of nitrogens with zero attached hydrogens (tertiary/aromatic N) is 3. The van der Waals surface area contributed by atoms with Crippen LogP contribution in [-0.2, 0) is 23.8 Å². The average Bonchev–Trinajstić information content (AvgIpc) is 3.52. The van der Waals surface area contributed by atoms with Gasteiger partial charge < -0.3 is 0 Å². The fourth-order valence-electron chi connectivity index (χ4n) is 4.84. The van der Waals surface area contributed by atoms with Crippen LogP contribution >= 0.6 is 11.3 Å². The summed E-state index contributed by atoms with van der Waals surface area (Å²) >= 11 is 1.42. The number of carbonyl (C=O) groups excluding carboxylic acids is 1. The van der Waals surface area contributed by atoms with Gasteiger partial charge >= 0.3 is 0 Å². The van der Waals surface area contributed by atoms with Gasteiger partial charge in [0.05, 0.1) is 16.3 Å². The summed E-state index contributed by atoms with van der Waals surface area (Å²) in [6.45, 7) is 2.09. The molecule has 196 valence electrons. The maximum absolute atomic E-state index is 11.7. The third kappa shape index (κ3) is 5.54. The number of rotatable bonds is 9. The van der Waals surface area contributed by atoms with Crippen LogP contribution in [0.25, 0.3) is 27.5 Å². The number of benzene rings is 3. The zero-order chi connectivity index (χ0) is 26.9. The summed E-state index contributed by atoms with van der Waals surface area (Å²) in [6.07, 6.45) is 4.78. The van der Waals surface area contributed by atoms with Gasteiger partial charge in [0.25, 0.3) is 0 Å². The Morgan fingerprint density at radius 2 is 1.77 bits per heavy atom. The first kappa shape index (κ1) is 25.6. The fourth-order valence-corrected chi connectivity index (χ4v) is 5.97. The van der Waals surface area contributed by atoms with Crippen LogP contribution in [0.3, 0.4) is 0 Å². The van der Waals surface area contributed by atoms with E-state index in [2.05, 4.69) is 60.4 Å². The Morgan fingerprint density at radius 3 is 2.44 bits per heavy atom. The maximum atomic E-state index is 11.7. The second-order valence-corrected chi connectivity index (χ2v) is 12.0. The lowest BCUT2D eigenvalue weighted by atomic mass is 9.95. The molecule has 1 saturated carbocycles. The summed E-state index contributed by atoms with van der Waals surface area (Å²) in [6, 6.07) is 24.7. The summed E-state index contributed by atoms with van der Waals surface area (Å²) in [5.74, 6) is 0.641. The highest BCUT2D eigenvalue weighted by molar-refractivity contribution is 7.82. The zero-order valence-electron chi connectivity index (χ0n) is 21.5. The van der Waals surface area contributed by atoms with Crippen molar-refractivity contribution >= 4 is 28.6 Å². The highest BCUT2D eigenvalue weighted by Crippen LogP contribution is 2.38. The largest absolute Gasteiger partial charge is 0.296 e. The normalized spacial score (nSPS) is 13.9. The molecule has 1 atom stereocenters. The van der Waals surface area contributed by atoms with E-state index >= 15 is 0 Å². The number of aldehydes is 1. The third-order valence-corrected chi connectivity index (χ3v) is 8.69. The predicted molar refractivity (Wildman–Crippen MR) is 157 cm³/mol. The van der Waals surface area contributed by atoms with Gasteiger partial charge in [-0.15, -0.1) is 11.3 Å². The minimum atomic E-state index is -1.52. The quantitative estimate of drug-likeness (QED) is 0.217.